The third-order valence-corrected chi connectivity index (χ3v) is 4.37. The minimum absolute atomic E-state index is 0.261. The van der Waals surface area contributed by atoms with Crippen LogP contribution in [0.5, 0.6) is 0 Å². The van der Waals surface area contributed by atoms with Crippen LogP contribution in [0.2, 0.25) is 0 Å². The van der Waals surface area contributed by atoms with E-state index < -0.39 is 17.4 Å². The number of halogens is 1. The number of carboxylic acids is 1. The lowest BCUT2D eigenvalue weighted by Crippen LogP contribution is -2.56. The van der Waals surface area contributed by atoms with E-state index >= 15 is 0 Å². The summed E-state index contributed by atoms with van der Waals surface area (Å²) in [5.74, 6) is -1.30. The van der Waals surface area contributed by atoms with E-state index in [0.29, 0.717) is 11.0 Å². The van der Waals surface area contributed by atoms with Crippen LogP contribution in [0, 0.1) is 5.41 Å². The molecule has 0 aromatic carbocycles. The van der Waals surface area contributed by atoms with Crippen molar-refractivity contribution >= 4 is 27.8 Å². The van der Waals surface area contributed by atoms with E-state index in [9.17, 15) is 14.7 Å². The summed E-state index contributed by atoms with van der Waals surface area (Å²) in [5.41, 5.74) is -0.183. The first-order valence-electron chi connectivity index (χ1n) is 6.49. The Morgan fingerprint density at radius 2 is 2.20 bits per heavy atom. The van der Waals surface area contributed by atoms with Crippen molar-refractivity contribution in [3.05, 3.63) is 28.5 Å². The number of piperidine rings is 1. The maximum absolute atomic E-state index is 12.6. The molecule has 5 nitrogen and oxygen atoms in total. The number of carboxylic acid groups (broad SMARTS) is 1. The number of hydrogen-bond acceptors (Lipinski definition) is 3. The van der Waals surface area contributed by atoms with Gasteiger partial charge in [0.2, 0.25) is 0 Å². The number of hydrogen-bond donors (Lipinski definition) is 1. The predicted octanol–water partition coefficient (Wildman–Crippen LogP) is 2.56. The molecule has 1 aliphatic heterocycles. The van der Waals surface area contributed by atoms with Gasteiger partial charge in [0.25, 0.3) is 5.91 Å². The van der Waals surface area contributed by atoms with Crippen molar-refractivity contribution in [1.29, 1.82) is 0 Å². The molecule has 2 rings (SSSR count). The number of carbonyl (C=O) groups is 2. The third kappa shape index (κ3) is 2.70. The molecule has 1 fully saturated rings. The molecule has 1 atom stereocenters. The van der Waals surface area contributed by atoms with Crippen molar-refractivity contribution < 1.29 is 14.7 Å². The maximum atomic E-state index is 12.6. The second-order valence-electron chi connectivity index (χ2n) is 5.67. The van der Waals surface area contributed by atoms with Crippen LogP contribution < -0.4 is 0 Å². The molecule has 1 aliphatic rings. The quantitative estimate of drug-likeness (QED) is 0.898. The largest absolute Gasteiger partial charge is 0.480 e. The highest BCUT2D eigenvalue weighted by atomic mass is 79.9. The zero-order valence-corrected chi connectivity index (χ0v) is 13.1. The molecule has 6 heteroatoms. The van der Waals surface area contributed by atoms with Crippen LogP contribution in [-0.4, -0.2) is 39.5 Å². The Kier molecular flexibility index (Phi) is 4.13. The second-order valence-corrected chi connectivity index (χ2v) is 6.52. The van der Waals surface area contributed by atoms with Crippen LogP contribution in [0.15, 0.2) is 22.8 Å². The summed E-state index contributed by atoms with van der Waals surface area (Å²) in [5, 5.41) is 9.48. The summed E-state index contributed by atoms with van der Waals surface area (Å²) < 4.78 is 0.581. The van der Waals surface area contributed by atoms with Crippen LogP contribution in [0.4, 0.5) is 0 Å². The van der Waals surface area contributed by atoms with Gasteiger partial charge in [-0.3, -0.25) is 4.79 Å². The molecular formula is C14H17BrN2O3. The third-order valence-electron chi connectivity index (χ3n) is 3.73. The first-order valence-corrected chi connectivity index (χ1v) is 7.28. The summed E-state index contributed by atoms with van der Waals surface area (Å²) in [4.78, 5) is 29.7. The molecule has 2 heterocycles. The minimum atomic E-state index is -0.963. The van der Waals surface area contributed by atoms with Gasteiger partial charge in [0.1, 0.15) is 11.7 Å². The normalized spacial score (nSPS) is 21.6. The fraction of sp³-hybridized carbons (Fsp3) is 0.500. The van der Waals surface area contributed by atoms with Crippen molar-refractivity contribution in [1.82, 2.24) is 9.88 Å². The Bertz CT molecular complexity index is 545. The van der Waals surface area contributed by atoms with Crippen LogP contribution >= 0.6 is 15.9 Å². The highest BCUT2D eigenvalue weighted by Crippen LogP contribution is 2.36. The average molecular weight is 341 g/mol. The second kappa shape index (κ2) is 5.52. The van der Waals surface area contributed by atoms with E-state index in [4.69, 9.17) is 0 Å². The fourth-order valence-electron chi connectivity index (χ4n) is 2.76. The Balaban J connectivity index is 2.37. The fourth-order valence-corrected chi connectivity index (χ4v) is 3.18. The summed E-state index contributed by atoms with van der Waals surface area (Å²) in [6.45, 7) is 4.22. The number of amides is 1. The lowest BCUT2D eigenvalue weighted by atomic mass is 9.76. The average Bonchev–Trinajstić information content (AvgIpc) is 2.36. The summed E-state index contributed by atoms with van der Waals surface area (Å²) >= 11 is 3.29. The van der Waals surface area contributed by atoms with Gasteiger partial charge >= 0.3 is 5.97 Å². The summed E-state index contributed by atoms with van der Waals surface area (Å²) in [7, 11) is 0. The highest BCUT2D eigenvalue weighted by molar-refractivity contribution is 9.10. The van der Waals surface area contributed by atoms with Crippen molar-refractivity contribution in [2.45, 2.75) is 32.7 Å². The molecule has 0 bridgehead atoms. The number of carbonyl (C=O) groups excluding carboxylic acids is 1. The first-order chi connectivity index (χ1) is 9.34. The highest BCUT2D eigenvalue weighted by Gasteiger charge is 2.45. The Morgan fingerprint density at radius 1 is 1.50 bits per heavy atom. The maximum Gasteiger partial charge on any atom is 0.326 e. The molecule has 1 saturated heterocycles. The summed E-state index contributed by atoms with van der Waals surface area (Å²) in [6.07, 6.45) is 3.12. The van der Waals surface area contributed by atoms with Gasteiger partial charge in [0.15, 0.2) is 0 Å². The van der Waals surface area contributed by atoms with Crippen LogP contribution in [0.3, 0.4) is 0 Å². The van der Waals surface area contributed by atoms with Crippen LogP contribution in [-0.2, 0) is 4.79 Å². The van der Waals surface area contributed by atoms with E-state index in [0.717, 1.165) is 12.8 Å². The zero-order chi connectivity index (χ0) is 14.9. The van der Waals surface area contributed by atoms with Gasteiger partial charge in [-0.15, -0.1) is 0 Å². The van der Waals surface area contributed by atoms with Crippen molar-refractivity contribution in [2.24, 2.45) is 5.41 Å². The Labute approximate surface area is 126 Å². The SMILES string of the molecule is CC1(C)CCCN(C(=O)c2ncccc2Br)C1C(=O)O. The molecular weight excluding hydrogens is 324 g/mol. The molecule has 1 amide bonds. The molecule has 0 spiro atoms. The zero-order valence-electron chi connectivity index (χ0n) is 11.5. The molecule has 1 aromatic rings. The number of pyridine rings is 1. The molecule has 0 aliphatic carbocycles. The van der Waals surface area contributed by atoms with Gasteiger partial charge in [-0.1, -0.05) is 13.8 Å². The first kappa shape index (κ1) is 15.0. The van der Waals surface area contributed by atoms with E-state index in [2.05, 4.69) is 20.9 Å². The minimum Gasteiger partial charge on any atom is -0.480 e. The molecule has 1 N–H and O–H groups in total. The molecule has 20 heavy (non-hydrogen) atoms. The topological polar surface area (TPSA) is 70.5 Å². The summed E-state index contributed by atoms with van der Waals surface area (Å²) in [6, 6.07) is 2.62. The predicted molar refractivity (Wildman–Crippen MR) is 77.4 cm³/mol. The van der Waals surface area contributed by atoms with Gasteiger partial charge in [-0.05, 0) is 46.3 Å². The van der Waals surface area contributed by atoms with Crippen molar-refractivity contribution in [2.75, 3.05) is 6.54 Å². The molecule has 0 saturated carbocycles. The number of aromatic nitrogens is 1. The van der Waals surface area contributed by atoms with Gasteiger partial charge in [-0.25, -0.2) is 9.78 Å². The number of rotatable bonds is 2. The van der Waals surface area contributed by atoms with Crippen LogP contribution in [0.1, 0.15) is 37.2 Å². The molecule has 1 unspecified atom stereocenters. The Hall–Kier alpha value is -1.43. The molecule has 108 valence electrons. The van der Waals surface area contributed by atoms with Gasteiger partial charge < -0.3 is 10.0 Å². The smallest absolute Gasteiger partial charge is 0.326 e. The number of aliphatic carboxylic acids is 1. The Morgan fingerprint density at radius 3 is 2.80 bits per heavy atom. The van der Waals surface area contributed by atoms with Gasteiger partial charge in [0, 0.05) is 17.2 Å². The molecule has 0 radical (unpaired) electrons. The van der Waals surface area contributed by atoms with E-state index in [1.165, 1.54) is 11.1 Å². The van der Waals surface area contributed by atoms with Crippen molar-refractivity contribution in [3.8, 4) is 0 Å². The van der Waals surface area contributed by atoms with Crippen LogP contribution in [0.25, 0.3) is 0 Å². The lowest BCUT2D eigenvalue weighted by Gasteiger charge is -2.43. The number of likely N-dealkylation sites (tertiary alicyclic amines) is 1. The number of nitrogens with zero attached hydrogens (tertiary/aromatic N) is 2. The monoisotopic (exact) mass is 340 g/mol. The standard InChI is InChI=1S/C14H17BrN2O3/c1-14(2)6-4-8-17(11(14)13(19)20)12(18)10-9(15)5-3-7-16-10/h3,5,7,11H,4,6,8H2,1-2H3,(H,19,20). The molecule has 1 aromatic heterocycles. The lowest BCUT2D eigenvalue weighted by molar-refractivity contribution is -0.148. The van der Waals surface area contributed by atoms with E-state index in [1.54, 1.807) is 12.1 Å². The van der Waals surface area contributed by atoms with Gasteiger partial charge in [-0.2, -0.15) is 0 Å². The van der Waals surface area contributed by atoms with E-state index in [1.807, 2.05) is 13.8 Å². The van der Waals surface area contributed by atoms with Gasteiger partial charge in [0.05, 0.1) is 0 Å². The van der Waals surface area contributed by atoms with E-state index in [-0.39, 0.29) is 11.6 Å². The van der Waals surface area contributed by atoms with Crippen molar-refractivity contribution in [3.63, 3.8) is 0 Å².